The van der Waals surface area contributed by atoms with Crippen molar-refractivity contribution < 1.29 is 10.2 Å². The minimum Gasteiger partial charge on any atom is -0.380 e. The largest absolute Gasteiger partial charge is 0.380 e. The second-order valence-electron chi connectivity index (χ2n) is 14.0. The third kappa shape index (κ3) is 7.74. The van der Waals surface area contributed by atoms with E-state index >= 15 is 0 Å². The molecule has 10 aromatic rings. The number of aliphatic hydroxyl groups is 2. The van der Waals surface area contributed by atoms with Crippen molar-refractivity contribution in [2.45, 2.75) is 12.2 Å². The van der Waals surface area contributed by atoms with Crippen molar-refractivity contribution in [3.05, 3.63) is 180 Å². The number of nitrogen functional groups attached to an aromatic ring is 2. The Morgan fingerprint density at radius 3 is 1.31 bits per heavy atom. The van der Waals surface area contributed by atoms with Crippen LogP contribution in [0.3, 0.4) is 0 Å². The van der Waals surface area contributed by atoms with Crippen LogP contribution in [0.25, 0.3) is 56.3 Å². The van der Waals surface area contributed by atoms with E-state index in [0.29, 0.717) is 78.6 Å². The zero-order valence-electron chi connectivity index (χ0n) is 33.3. The first kappa shape index (κ1) is 40.1. The van der Waals surface area contributed by atoms with Crippen molar-refractivity contribution in [2.75, 3.05) is 11.5 Å². The van der Waals surface area contributed by atoms with E-state index in [1.807, 2.05) is 48.5 Å². The van der Waals surface area contributed by atoms with Gasteiger partial charge in [-0.2, -0.15) is 19.6 Å². The fraction of sp³-hybridized carbons (Fsp3) is 0.0435. The number of fused-ring (bicyclic) bond motifs is 2. The molecule has 0 amide bonds. The van der Waals surface area contributed by atoms with Gasteiger partial charge in [-0.15, -0.1) is 10.2 Å². The number of nitriles is 2. The quantitative estimate of drug-likeness (QED) is 0.146. The summed E-state index contributed by atoms with van der Waals surface area (Å²) >= 11 is 0. The van der Waals surface area contributed by atoms with E-state index < -0.39 is 12.2 Å². The van der Waals surface area contributed by atoms with Crippen LogP contribution >= 0.6 is 0 Å². The Morgan fingerprint density at radius 1 is 0.516 bits per heavy atom. The second kappa shape index (κ2) is 17.3. The summed E-state index contributed by atoms with van der Waals surface area (Å²) in [5, 5.41) is 49.2. The summed E-state index contributed by atoms with van der Waals surface area (Å²) in [6, 6.07) is 40.0. The van der Waals surface area contributed by atoms with Gasteiger partial charge in [-0.05, 0) is 47.5 Å². The number of nitrogens with zero attached hydrogens (tertiary/aromatic N) is 14. The van der Waals surface area contributed by atoms with Crippen molar-refractivity contribution in [1.29, 1.82) is 10.5 Å². The van der Waals surface area contributed by atoms with Crippen LogP contribution in [-0.4, -0.2) is 69.3 Å². The highest BCUT2D eigenvalue weighted by molar-refractivity contribution is 5.90. The molecule has 4 aromatic carbocycles. The van der Waals surface area contributed by atoms with E-state index in [0.717, 1.165) is 0 Å². The Balaban J connectivity index is 0.000000162. The van der Waals surface area contributed by atoms with Gasteiger partial charge in [0.05, 0.1) is 57.2 Å². The molecule has 0 saturated heterocycles. The van der Waals surface area contributed by atoms with Gasteiger partial charge in [0.1, 0.15) is 24.9 Å². The molecule has 6 heterocycles. The van der Waals surface area contributed by atoms with E-state index in [4.69, 9.17) is 11.5 Å². The molecule has 18 nitrogen and oxygen atoms in total. The van der Waals surface area contributed by atoms with Crippen LogP contribution in [0.2, 0.25) is 0 Å². The van der Waals surface area contributed by atoms with E-state index in [1.54, 1.807) is 85.2 Å². The molecule has 0 saturated carbocycles. The Labute approximate surface area is 363 Å². The third-order valence-corrected chi connectivity index (χ3v) is 9.98. The highest BCUT2D eigenvalue weighted by Gasteiger charge is 2.26. The van der Waals surface area contributed by atoms with Crippen LogP contribution < -0.4 is 11.5 Å². The van der Waals surface area contributed by atoms with Crippen molar-refractivity contribution >= 4 is 23.2 Å². The summed E-state index contributed by atoms with van der Waals surface area (Å²) in [7, 11) is 0. The van der Waals surface area contributed by atoms with Crippen LogP contribution in [0.5, 0.6) is 0 Å². The molecule has 0 aliphatic rings. The van der Waals surface area contributed by atoms with Crippen LogP contribution in [0.1, 0.15) is 46.1 Å². The average molecular weight is 841 g/mol. The van der Waals surface area contributed by atoms with Crippen molar-refractivity contribution in [3.63, 3.8) is 0 Å². The number of aromatic nitrogens is 12. The molecule has 0 aliphatic heterocycles. The summed E-state index contributed by atoms with van der Waals surface area (Å²) in [6.45, 7) is 0. The molecule has 10 rings (SSSR count). The minimum atomic E-state index is -1.04. The topological polar surface area (TPSA) is 278 Å². The lowest BCUT2D eigenvalue weighted by Gasteiger charge is -2.11. The van der Waals surface area contributed by atoms with Gasteiger partial charge in [-0.1, -0.05) is 84.9 Å². The van der Waals surface area contributed by atoms with Gasteiger partial charge < -0.3 is 21.7 Å². The zero-order chi connectivity index (χ0) is 44.2. The predicted octanol–water partition coefficient (Wildman–Crippen LogP) is 5.57. The van der Waals surface area contributed by atoms with Gasteiger partial charge in [0.2, 0.25) is 11.9 Å². The molecule has 0 fully saturated rings. The first-order chi connectivity index (χ1) is 31.3. The fourth-order valence-corrected chi connectivity index (χ4v) is 6.99. The lowest BCUT2D eigenvalue weighted by atomic mass is 10.0. The van der Waals surface area contributed by atoms with Crippen LogP contribution in [-0.2, 0) is 0 Å². The van der Waals surface area contributed by atoms with E-state index in [1.165, 1.54) is 21.7 Å². The summed E-state index contributed by atoms with van der Waals surface area (Å²) in [4.78, 5) is 35.1. The van der Waals surface area contributed by atoms with Crippen molar-refractivity contribution in [3.8, 4) is 57.2 Å². The highest BCUT2D eigenvalue weighted by atomic mass is 16.3. The number of hydrogen-bond donors (Lipinski definition) is 4. The maximum atomic E-state index is 10.8. The molecule has 0 radical (unpaired) electrons. The van der Waals surface area contributed by atoms with Crippen molar-refractivity contribution in [2.24, 2.45) is 0 Å². The number of rotatable bonds is 8. The molecule has 6 N–H and O–H groups in total. The van der Waals surface area contributed by atoms with Crippen LogP contribution in [0, 0.1) is 22.7 Å². The van der Waals surface area contributed by atoms with Crippen molar-refractivity contribution in [1.82, 2.24) is 59.1 Å². The molecular weight excluding hydrogens is 809 g/mol. The molecule has 0 bridgehead atoms. The maximum absolute atomic E-state index is 10.8. The Hall–Kier alpha value is -9.36. The number of anilines is 2. The zero-order valence-corrected chi connectivity index (χ0v) is 33.3. The predicted molar refractivity (Wildman–Crippen MR) is 234 cm³/mol. The molecule has 6 aromatic heterocycles. The van der Waals surface area contributed by atoms with Gasteiger partial charge in [0.15, 0.2) is 22.9 Å². The lowest BCUT2D eigenvalue weighted by Crippen LogP contribution is -2.07. The molecule has 0 spiro atoms. The monoisotopic (exact) mass is 840 g/mol. The van der Waals surface area contributed by atoms with Gasteiger partial charge in [0, 0.05) is 23.5 Å². The summed E-state index contributed by atoms with van der Waals surface area (Å²) < 4.78 is 2.77. The fourth-order valence-electron chi connectivity index (χ4n) is 6.99. The second-order valence-corrected chi connectivity index (χ2v) is 14.0. The molecule has 0 aliphatic carbocycles. The standard InChI is InChI=1S/2C23H16N8O/c2*24-12-14-5-4-8-16(11-14)19-18(17-9-10-26-13-27-17)22-29-21(30-31(22)23(25)28-19)20(32)15-6-2-1-3-7-15/h2*1-11,13,20,32H,(H2,25,28)/t2*20-/m10/s1. The maximum Gasteiger partial charge on any atom is 0.223 e. The first-order valence-electron chi connectivity index (χ1n) is 19.4. The summed E-state index contributed by atoms with van der Waals surface area (Å²) in [5.41, 5.74) is 20.1. The molecule has 64 heavy (non-hydrogen) atoms. The van der Waals surface area contributed by atoms with E-state index in [9.17, 15) is 20.7 Å². The normalized spacial score (nSPS) is 11.9. The molecule has 2 atom stereocenters. The third-order valence-electron chi connectivity index (χ3n) is 9.98. The summed E-state index contributed by atoms with van der Waals surface area (Å²) in [6.07, 6.45) is 3.99. The average Bonchev–Trinajstić information content (AvgIpc) is 4.02. The van der Waals surface area contributed by atoms with Gasteiger partial charge >= 0.3 is 0 Å². The van der Waals surface area contributed by atoms with Crippen LogP contribution in [0.4, 0.5) is 11.9 Å². The Kier molecular flexibility index (Phi) is 10.8. The van der Waals surface area contributed by atoms with Gasteiger partial charge in [-0.3, -0.25) is 0 Å². The van der Waals surface area contributed by atoms with Gasteiger partial charge in [-0.25, -0.2) is 39.9 Å². The first-order valence-corrected chi connectivity index (χ1v) is 19.4. The van der Waals surface area contributed by atoms with Crippen LogP contribution in [0.15, 0.2) is 146 Å². The molecule has 18 heteroatoms. The molecule has 308 valence electrons. The van der Waals surface area contributed by atoms with E-state index in [2.05, 4.69) is 62.2 Å². The molecule has 0 unspecified atom stereocenters. The highest BCUT2D eigenvalue weighted by Crippen LogP contribution is 2.36. The number of benzene rings is 4. The lowest BCUT2D eigenvalue weighted by molar-refractivity contribution is 0.210. The molecular formula is C46H32N16O2. The number of hydrogen-bond acceptors (Lipinski definition) is 16. The minimum absolute atomic E-state index is 0.0918. The smallest absolute Gasteiger partial charge is 0.223 e. The SMILES string of the molecule is N#Cc1cccc(-c2nc(N)n3nc([C@@H](O)c4ccccc4)nc3c2-c2ccncn2)c1.N#Cc1cccc(-c2nc(N)n3nc([C@H](O)c4ccccc4)nc3c2-c2ccncn2)c1. The van der Waals surface area contributed by atoms with Gasteiger partial charge in [0.25, 0.3) is 0 Å². The van der Waals surface area contributed by atoms with E-state index in [-0.39, 0.29) is 23.5 Å². The Bertz CT molecular complexity index is 3140. The number of aliphatic hydroxyl groups excluding tert-OH is 2. The Morgan fingerprint density at radius 2 is 0.938 bits per heavy atom. The number of nitrogens with two attached hydrogens (primary N) is 2. The summed E-state index contributed by atoms with van der Waals surface area (Å²) in [5.74, 6) is 0.550.